The van der Waals surface area contributed by atoms with Crippen LogP contribution in [0.5, 0.6) is 5.75 Å². The van der Waals surface area contributed by atoms with Gasteiger partial charge in [-0.2, -0.15) is 0 Å². The summed E-state index contributed by atoms with van der Waals surface area (Å²) in [6.07, 6.45) is 1.54. The first-order valence-electron chi connectivity index (χ1n) is 9.00. The highest BCUT2D eigenvalue weighted by molar-refractivity contribution is 5.94. The predicted octanol–water partition coefficient (Wildman–Crippen LogP) is 3.59. The number of carbonyl (C=O) groups is 1. The quantitative estimate of drug-likeness (QED) is 0.524. The Hall–Kier alpha value is -4.27. The predicted molar refractivity (Wildman–Crippen MR) is 117 cm³/mol. The second-order valence-corrected chi connectivity index (χ2v) is 6.73. The fourth-order valence-electron chi connectivity index (χ4n) is 2.78. The first-order chi connectivity index (χ1) is 14.4. The van der Waals surface area contributed by atoms with E-state index >= 15 is 0 Å². The van der Waals surface area contributed by atoms with Crippen LogP contribution in [-0.4, -0.2) is 50.2 Å². The Kier molecular flexibility index (Phi) is 4.85. The number of aromatic nitrogens is 4. The number of phenols is 1. The third-order valence-corrected chi connectivity index (χ3v) is 4.38. The van der Waals surface area contributed by atoms with Crippen LogP contribution in [-0.2, 0) is 0 Å². The molecule has 0 saturated heterocycles. The van der Waals surface area contributed by atoms with E-state index in [4.69, 9.17) is 10.2 Å². The molecule has 3 N–H and O–H groups in total. The zero-order valence-electron chi connectivity index (χ0n) is 16.3. The number of benzene rings is 2. The third kappa shape index (κ3) is 3.68. The number of anilines is 1. The van der Waals surface area contributed by atoms with Crippen molar-refractivity contribution in [3.05, 3.63) is 60.3 Å². The Bertz CT molecular complexity index is 1210. The molecule has 0 saturated carbocycles. The average molecular weight is 408 g/mol. The molecule has 0 aliphatic carbocycles. The van der Waals surface area contributed by atoms with Gasteiger partial charge in [-0.15, -0.1) is 10.2 Å². The Morgan fingerprint density at radius 2 is 1.63 bits per heavy atom. The highest BCUT2D eigenvalue weighted by Gasteiger charge is 2.17. The molecule has 1 amide bonds. The molecule has 9 nitrogen and oxygen atoms in total. The Balaban J connectivity index is 0.00000181. The number of amides is 1. The van der Waals surface area contributed by atoms with Crippen LogP contribution >= 0.6 is 0 Å². The fraction of sp³-hybridized carbons (Fsp3) is 0.0952. The molecule has 0 bridgehead atoms. The first kappa shape index (κ1) is 19.1. The van der Waals surface area contributed by atoms with Gasteiger partial charge in [-0.3, -0.25) is 4.79 Å². The number of hydrogen-bond donors (Lipinski definition) is 2. The molecule has 0 atom stereocenters. The van der Waals surface area contributed by atoms with Crippen LogP contribution in [0.25, 0.3) is 34.3 Å². The minimum Gasteiger partial charge on any atom is -0.508 e. The normalized spacial score (nSPS) is 10.7. The Morgan fingerprint density at radius 3 is 2.30 bits per heavy atom. The molecule has 30 heavy (non-hydrogen) atoms. The molecule has 4 rings (SSSR count). The van der Waals surface area contributed by atoms with Crippen molar-refractivity contribution >= 4 is 11.7 Å². The number of phenolic OH excluding ortho intramolecular Hbond substituents is 1. The molecule has 2 aromatic carbocycles. The summed E-state index contributed by atoms with van der Waals surface area (Å²) in [5, 5.41) is 17.5. The maximum absolute atomic E-state index is 12.1. The number of rotatable bonds is 4. The van der Waals surface area contributed by atoms with Gasteiger partial charge >= 0.3 is 0 Å². The van der Waals surface area contributed by atoms with E-state index < -0.39 is 0 Å². The van der Waals surface area contributed by atoms with E-state index in [1.54, 1.807) is 56.7 Å². The van der Waals surface area contributed by atoms with Gasteiger partial charge in [-0.1, -0.05) is 12.1 Å². The Labute approximate surface area is 176 Å². The van der Waals surface area contributed by atoms with Crippen molar-refractivity contribution in [3.63, 3.8) is 0 Å². The number of nitrogens with zero attached hydrogens (tertiary/aromatic N) is 5. The van der Waals surface area contributed by atoms with Crippen molar-refractivity contribution < 1.29 is 18.6 Å². The minimum atomic E-state index is -0.0850. The van der Waals surface area contributed by atoms with Gasteiger partial charge in [0.2, 0.25) is 5.89 Å². The molecule has 4 aromatic rings. The van der Waals surface area contributed by atoms with Crippen molar-refractivity contribution in [3.8, 4) is 40.0 Å². The van der Waals surface area contributed by atoms with E-state index in [9.17, 15) is 9.90 Å². The van der Waals surface area contributed by atoms with Gasteiger partial charge in [0.1, 0.15) is 5.75 Å². The van der Waals surface area contributed by atoms with Gasteiger partial charge < -0.3 is 20.2 Å². The molecule has 0 fully saturated rings. The summed E-state index contributed by atoms with van der Waals surface area (Å²) in [6.45, 7) is 0. The molecular formula is C21H24N6O3. The third-order valence-electron chi connectivity index (χ3n) is 4.38. The zero-order valence-corrected chi connectivity index (χ0v) is 16.3. The van der Waals surface area contributed by atoms with Gasteiger partial charge in [0.25, 0.3) is 11.8 Å². The Morgan fingerprint density at radius 1 is 1.00 bits per heavy atom. The largest absolute Gasteiger partial charge is 0.508 e. The van der Waals surface area contributed by atoms with E-state index in [1.807, 2.05) is 0 Å². The van der Waals surface area contributed by atoms with E-state index in [2.05, 4.69) is 20.2 Å². The molecular weight excluding hydrogens is 384 g/mol. The lowest BCUT2D eigenvalue weighted by Crippen LogP contribution is -2.21. The number of aromatic hydroxyl groups is 1. The van der Waals surface area contributed by atoms with Crippen LogP contribution in [0.2, 0.25) is 0 Å². The topological polar surface area (TPSA) is 131 Å². The molecule has 0 aliphatic heterocycles. The molecule has 9 heteroatoms. The van der Waals surface area contributed by atoms with Crippen LogP contribution in [0.1, 0.15) is 14.6 Å². The molecule has 2 aromatic heterocycles. The SMILES string of the molecule is CN(C)C(=O)c1ccc(-c2cnc(N)c(-c3nnc(-c4ccc(O)cc4)o3)n2)cc1.[HH].[HH].[HH]. The fourth-order valence-corrected chi connectivity index (χ4v) is 2.78. The van der Waals surface area contributed by atoms with Crippen molar-refractivity contribution in [2.24, 2.45) is 0 Å². The standard InChI is InChI=1S/C21H18N6O3.3H2/c1-27(2)21(29)14-5-3-12(4-6-14)16-11-23-18(22)17(24-16)20-26-25-19(30-20)13-7-9-15(28)10-8-13;;;/h3-11,28H,1-2H3,(H2,22,23);3*1H. The molecule has 0 aliphatic rings. The smallest absolute Gasteiger partial charge is 0.270 e. The first-order valence-corrected chi connectivity index (χ1v) is 9.00. The van der Waals surface area contributed by atoms with Crippen molar-refractivity contribution in [1.82, 2.24) is 25.1 Å². The number of nitrogen functional groups attached to an aromatic ring is 1. The second kappa shape index (κ2) is 7.63. The van der Waals surface area contributed by atoms with Crippen molar-refractivity contribution in [1.29, 1.82) is 0 Å². The van der Waals surface area contributed by atoms with Crippen LogP contribution in [0.3, 0.4) is 0 Å². The summed E-state index contributed by atoms with van der Waals surface area (Å²) in [6, 6.07) is 13.4. The highest BCUT2D eigenvalue weighted by atomic mass is 16.4. The maximum Gasteiger partial charge on any atom is 0.270 e. The van der Waals surface area contributed by atoms with Gasteiger partial charge in [0, 0.05) is 35.1 Å². The summed E-state index contributed by atoms with van der Waals surface area (Å²) in [5.41, 5.74) is 8.77. The molecule has 2 heterocycles. The molecule has 0 radical (unpaired) electrons. The zero-order chi connectivity index (χ0) is 21.3. The number of carbonyl (C=O) groups excluding carboxylic acids is 1. The van der Waals surface area contributed by atoms with Gasteiger partial charge in [-0.05, 0) is 36.4 Å². The lowest BCUT2D eigenvalue weighted by molar-refractivity contribution is 0.0827. The van der Waals surface area contributed by atoms with Crippen molar-refractivity contribution in [2.45, 2.75) is 0 Å². The van der Waals surface area contributed by atoms with Crippen molar-refractivity contribution in [2.75, 3.05) is 19.8 Å². The highest BCUT2D eigenvalue weighted by Crippen LogP contribution is 2.28. The van der Waals surface area contributed by atoms with E-state index in [0.29, 0.717) is 16.8 Å². The van der Waals surface area contributed by atoms with E-state index in [0.717, 1.165) is 5.56 Å². The van der Waals surface area contributed by atoms with Gasteiger partial charge in [0.15, 0.2) is 11.5 Å². The van der Waals surface area contributed by atoms with Crippen LogP contribution in [0, 0.1) is 0 Å². The maximum atomic E-state index is 12.1. The lowest BCUT2D eigenvalue weighted by atomic mass is 10.1. The van der Waals surface area contributed by atoms with E-state index in [1.165, 1.54) is 17.0 Å². The monoisotopic (exact) mass is 408 g/mol. The van der Waals surface area contributed by atoms with Crippen LogP contribution in [0.4, 0.5) is 5.82 Å². The second-order valence-electron chi connectivity index (χ2n) is 6.73. The summed E-state index contributed by atoms with van der Waals surface area (Å²) in [7, 11) is 3.40. The molecule has 0 unspecified atom stereocenters. The summed E-state index contributed by atoms with van der Waals surface area (Å²) < 4.78 is 5.71. The molecule has 156 valence electrons. The summed E-state index contributed by atoms with van der Waals surface area (Å²) in [4.78, 5) is 22.3. The van der Waals surface area contributed by atoms with Gasteiger partial charge in [-0.25, -0.2) is 9.97 Å². The number of nitrogens with two attached hydrogens (primary N) is 1. The van der Waals surface area contributed by atoms with E-state index in [-0.39, 0.29) is 39.2 Å². The lowest BCUT2D eigenvalue weighted by Gasteiger charge is -2.10. The average Bonchev–Trinajstić information content (AvgIpc) is 3.24. The van der Waals surface area contributed by atoms with Gasteiger partial charge in [0.05, 0.1) is 11.9 Å². The van der Waals surface area contributed by atoms with Crippen LogP contribution in [0.15, 0.2) is 59.1 Å². The van der Waals surface area contributed by atoms with Crippen LogP contribution < -0.4 is 5.73 Å². The summed E-state index contributed by atoms with van der Waals surface area (Å²) >= 11 is 0. The summed E-state index contributed by atoms with van der Waals surface area (Å²) in [5.74, 6) is 0.601. The number of hydrogen-bond acceptors (Lipinski definition) is 8. The molecule has 0 spiro atoms. The minimum absolute atomic E-state index is 0.